The summed E-state index contributed by atoms with van der Waals surface area (Å²) in [5.41, 5.74) is 4.31. The number of halogens is 1. The predicted octanol–water partition coefficient (Wildman–Crippen LogP) is 4.58. The number of hydrogen-bond acceptors (Lipinski definition) is 3. The number of aromatic nitrogens is 3. The van der Waals surface area contributed by atoms with E-state index < -0.39 is 0 Å². The fraction of sp³-hybridized carbons (Fsp3) is 0.208. The normalized spacial score (nSPS) is 13.8. The van der Waals surface area contributed by atoms with Crippen molar-refractivity contribution in [2.45, 2.75) is 19.8 Å². The van der Waals surface area contributed by atoms with E-state index in [1.807, 2.05) is 41.3 Å². The van der Waals surface area contributed by atoms with Crippen LogP contribution in [0.3, 0.4) is 0 Å². The Morgan fingerprint density at radius 3 is 2.68 bits per heavy atom. The van der Waals surface area contributed by atoms with Gasteiger partial charge in [-0.1, -0.05) is 29.8 Å². The largest absolute Gasteiger partial charge is 0.337 e. The highest BCUT2D eigenvalue weighted by molar-refractivity contribution is 6.33. The van der Waals surface area contributed by atoms with E-state index in [9.17, 15) is 9.59 Å². The number of nitrogens with zero attached hydrogens (tertiary/aromatic N) is 3. The minimum Gasteiger partial charge on any atom is -0.337 e. The second-order valence-electron chi connectivity index (χ2n) is 7.86. The molecule has 0 unspecified atom stereocenters. The Kier molecular flexibility index (Phi) is 4.87. The number of benzene rings is 2. The molecule has 1 saturated heterocycles. The molecule has 5 rings (SSSR count). The van der Waals surface area contributed by atoms with Gasteiger partial charge < -0.3 is 4.90 Å². The first-order chi connectivity index (χ1) is 15.0. The molecular weight excluding hydrogens is 412 g/mol. The number of H-pyrrole nitrogens is 1. The molecule has 1 amide bonds. The van der Waals surface area contributed by atoms with Crippen LogP contribution in [0.5, 0.6) is 0 Å². The Labute approximate surface area is 184 Å². The van der Waals surface area contributed by atoms with Crippen LogP contribution < -0.4 is 5.56 Å². The molecule has 0 bridgehead atoms. The van der Waals surface area contributed by atoms with Gasteiger partial charge in [0.15, 0.2) is 5.69 Å². The minimum absolute atomic E-state index is 0.0255. The van der Waals surface area contributed by atoms with Crippen molar-refractivity contribution < 1.29 is 4.79 Å². The van der Waals surface area contributed by atoms with Gasteiger partial charge in [-0.3, -0.25) is 19.3 Å². The van der Waals surface area contributed by atoms with Crippen LogP contribution in [-0.4, -0.2) is 38.7 Å². The standard InChI is InChI=1S/C24H21ClN4O2/c1-15-5-4-12-29(23(15)30)17-7-9-18(20(25)14-17)16-6-8-19-21(13-16)26-27-22(19)24(31)28-10-2-3-11-28/h4-9,12-14H,2-3,10-11H2,1H3,(H,26,27). The van der Waals surface area contributed by atoms with Crippen LogP contribution in [0.2, 0.25) is 5.02 Å². The molecule has 31 heavy (non-hydrogen) atoms. The van der Waals surface area contributed by atoms with Gasteiger partial charge in [0.25, 0.3) is 11.5 Å². The fourth-order valence-corrected chi connectivity index (χ4v) is 4.40. The van der Waals surface area contributed by atoms with Crippen molar-refractivity contribution in [2.24, 2.45) is 0 Å². The monoisotopic (exact) mass is 432 g/mol. The molecule has 0 spiro atoms. The van der Waals surface area contributed by atoms with Gasteiger partial charge in [0, 0.05) is 35.8 Å². The molecule has 7 heteroatoms. The first-order valence-corrected chi connectivity index (χ1v) is 10.7. The number of amides is 1. The Bertz CT molecular complexity index is 1370. The molecule has 0 atom stereocenters. The van der Waals surface area contributed by atoms with Gasteiger partial charge in [-0.15, -0.1) is 0 Å². The van der Waals surface area contributed by atoms with Gasteiger partial charge in [-0.25, -0.2) is 0 Å². The molecule has 6 nitrogen and oxygen atoms in total. The number of hydrogen-bond donors (Lipinski definition) is 1. The molecule has 1 aliphatic heterocycles. The third-order valence-electron chi connectivity index (χ3n) is 5.84. The highest BCUT2D eigenvalue weighted by atomic mass is 35.5. The number of aryl methyl sites for hydroxylation is 1. The number of rotatable bonds is 3. The molecular formula is C24H21ClN4O2. The number of aromatic amines is 1. The Morgan fingerprint density at radius 2 is 1.90 bits per heavy atom. The van der Waals surface area contributed by atoms with Crippen LogP contribution in [0.25, 0.3) is 27.7 Å². The quantitative estimate of drug-likeness (QED) is 0.515. The number of likely N-dealkylation sites (tertiary alicyclic amines) is 1. The lowest BCUT2D eigenvalue weighted by molar-refractivity contribution is 0.0789. The summed E-state index contributed by atoms with van der Waals surface area (Å²) in [6, 6.07) is 15.0. The van der Waals surface area contributed by atoms with Crippen LogP contribution in [0, 0.1) is 6.92 Å². The lowest BCUT2D eigenvalue weighted by Crippen LogP contribution is -2.28. The zero-order valence-corrected chi connectivity index (χ0v) is 17.8. The molecule has 1 fully saturated rings. The average molecular weight is 433 g/mol. The van der Waals surface area contributed by atoms with E-state index >= 15 is 0 Å². The van der Waals surface area contributed by atoms with Gasteiger partial charge in [0.1, 0.15) is 0 Å². The SMILES string of the molecule is Cc1cccn(-c2ccc(-c3ccc4c(C(=O)N5CCCC5)n[nH]c4c3)c(Cl)c2)c1=O. The van der Waals surface area contributed by atoms with Crippen LogP contribution in [0.4, 0.5) is 0 Å². The lowest BCUT2D eigenvalue weighted by Gasteiger charge is -2.13. The summed E-state index contributed by atoms with van der Waals surface area (Å²) >= 11 is 6.60. The number of pyridine rings is 1. The zero-order chi connectivity index (χ0) is 21.5. The molecule has 1 aliphatic rings. The highest BCUT2D eigenvalue weighted by Crippen LogP contribution is 2.32. The van der Waals surface area contributed by atoms with E-state index in [0.717, 1.165) is 48.0 Å². The summed E-state index contributed by atoms with van der Waals surface area (Å²) in [7, 11) is 0. The maximum Gasteiger partial charge on any atom is 0.274 e. The van der Waals surface area contributed by atoms with Crippen molar-refractivity contribution >= 4 is 28.4 Å². The van der Waals surface area contributed by atoms with Gasteiger partial charge >= 0.3 is 0 Å². The third-order valence-corrected chi connectivity index (χ3v) is 6.15. The lowest BCUT2D eigenvalue weighted by atomic mass is 10.0. The molecule has 0 saturated carbocycles. The van der Waals surface area contributed by atoms with Crippen LogP contribution in [0.1, 0.15) is 28.9 Å². The Morgan fingerprint density at radius 1 is 1.10 bits per heavy atom. The van der Waals surface area contributed by atoms with Gasteiger partial charge in [0.2, 0.25) is 0 Å². The van der Waals surface area contributed by atoms with Crippen molar-refractivity contribution in [3.8, 4) is 16.8 Å². The number of carbonyl (C=O) groups is 1. The van der Waals surface area contributed by atoms with E-state index in [0.29, 0.717) is 22.0 Å². The molecule has 4 aromatic rings. The van der Waals surface area contributed by atoms with Gasteiger partial charge in [-0.2, -0.15) is 5.10 Å². The molecule has 0 aliphatic carbocycles. The van der Waals surface area contributed by atoms with Crippen molar-refractivity contribution in [1.82, 2.24) is 19.7 Å². The zero-order valence-electron chi connectivity index (χ0n) is 17.1. The second kappa shape index (κ2) is 7.71. The Balaban J connectivity index is 1.50. The molecule has 1 N–H and O–H groups in total. The highest BCUT2D eigenvalue weighted by Gasteiger charge is 2.23. The second-order valence-corrected chi connectivity index (χ2v) is 8.27. The first kappa shape index (κ1) is 19.6. The summed E-state index contributed by atoms with van der Waals surface area (Å²) in [6.07, 6.45) is 3.82. The molecule has 0 radical (unpaired) electrons. The molecule has 2 aromatic carbocycles. The van der Waals surface area contributed by atoms with Crippen LogP contribution in [0.15, 0.2) is 59.5 Å². The predicted molar refractivity (Wildman–Crippen MR) is 122 cm³/mol. The maximum absolute atomic E-state index is 12.7. The summed E-state index contributed by atoms with van der Waals surface area (Å²) in [6.45, 7) is 3.37. The van der Waals surface area contributed by atoms with Crippen molar-refractivity contribution in [1.29, 1.82) is 0 Å². The van der Waals surface area contributed by atoms with E-state index in [2.05, 4.69) is 10.2 Å². The Hall–Kier alpha value is -3.38. The first-order valence-electron chi connectivity index (χ1n) is 10.3. The molecule has 2 aromatic heterocycles. The third kappa shape index (κ3) is 3.43. The number of carbonyl (C=O) groups excluding carboxylic acids is 1. The minimum atomic E-state index is -0.0691. The van der Waals surface area contributed by atoms with Gasteiger partial charge in [0.05, 0.1) is 16.2 Å². The summed E-state index contributed by atoms with van der Waals surface area (Å²) in [5, 5.41) is 8.61. The molecule has 3 heterocycles. The van der Waals surface area contributed by atoms with Crippen molar-refractivity contribution in [3.63, 3.8) is 0 Å². The average Bonchev–Trinajstić information content (AvgIpc) is 3.45. The topological polar surface area (TPSA) is 71.0 Å². The number of nitrogens with one attached hydrogen (secondary N) is 1. The van der Waals surface area contributed by atoms with Crippen LogP contribution in [-0.2, 0) is 0 Å². The van der Waals surface area contributed by atoms with Crippen molar-refractivity contribution in [2.75, 3.05) is 13.1 Å². The van der Waals surface area contributed by atoms with Crippen LogP contribution >= 0.6 is 11.6 Å². The number of fused-ring (bicyclic) bond motifs is 1. The molecule has 156 valence electrons. The fourth-order valence-electron chi connectivity index (χ4n) is 4.11. The summed E-state index contributed by atoms with van der Waals surface area (Å²) in [4.78, 5) is 27.0. The smallest absolute Gasteiger partial charge is 0.274 e. The maximum atomic E-state index is 12.7. The van der Waals surface area contributed by atoms with Crippen molar-refractivity contribution in [3.05, 3.63) is 81.4 Å². The summed E-state index contributed by atoms with van der Waals surface area (Å²) < 4.78 is 1.58. The van der Waals surface area contributed by atoms with E-state index in [1.54, 1.807) is 29.8 Å². The van der Waals surface area contributed by atoms with Gasteiger partial charge in [-0.05, 0) is 55.7 Å². The van der Waals surface area contributed by atoms with E-state index in [4.69, 9.17) is 11.6 Å². The van der Waals surface area contributed by atoms with E-state index in [1.165, 1.54) is 0 Å². The summed E-state index contributed by atoms with van der Waals surface area (Å²) in [5.74, 6) is -0.0255. The van der Waals surface area contributed by atoms with E-state index in [-0.39, 0.29) is 11.5 Å².